The van der Waals surface area contributed by atoms with Crippen molar-refractivity contribution in [1.82, 2.24) is 9.55 Å². The van der Waals surface area contributed by atoms with Gasteiger partial charge in [0, 0.05) is 13.2 Å². The molecule has 11 heavy (non-hydrogen) atoms. The summed E-state index contributed by atoms with van der Waals surface area (Å²) in [6.07, 6.45) is 3.31. The summed E-state index contributed by atoms with van der Waals surface area (Å²) in [4.78, 5) is 14.8. The van der Waals surface area contributed by atoms with E-state index in [9.17, 15) is 4.79 Å². The molecule has 3 nitrogen and oxygen atoms in total. The Balaban J connectivity index is 0.000001000. The molecule has 0 fully saturated rings. The molecule has 0 saturated heterocycles. The maximum atomic E-state index is 10.9. The molecule has 0 atom stereocenters. The molecule has 0 aromatic carbocycles. The Hall–Kier alpha value is -0.160. The van der Waals surface area contributed by atoms with Crippen LogP contribution in [0.3, 0.4) is 0 Å². The smallest absolute Gasteiger partial charge is 0.193 e. The number of aromatic nitrogens is 2. The Morgan fingerprint density at radius 1 is 1.82 bits per heavy atom. The van der Waals surface area contributed by atoms with Crippen LogP contribution in [-0.2, 0) is 7.05 Å². The minimum Gasteiger partial charge on any atom is -0.340 e. The molecule has 1 aromatic rings. The van der Waals surface area contributed by atoms with Crippen LogP contribution in [0.1, 0.15) is 10.5 Å². The largest absolute Gasteiger partial charge is 0.340 e. The molecule has 0 aliphatic heterocycles. The molecule has 0 saturated carbocycles. The zero-order valence-electron chi connectivity index (χ0n) is 5.95. The standard InChI is InChI=1S/C6H7BrN2O.BrH/c1-9-3-5(8-4-9)6(10)2-7;/h3-4H,2H2,1H3;1H. The first kappa shape index (κ1) is 10.8. The number of halogens is 2. The van der Waals surface area contributed by atoms with E-state index < -0.39 is 0 Å². The van der Waals surface area contributed by atoms with Crippen molar-refractivity contribution in [2.45, 2.75) is 0 Å². The number of Topliss-reactive ketones (excluding diaryl/α,β-unsaturated/α-hetero) is 1. The summed E-state index contributed by atoms with van der Waals surface area (Å²) in [5, 5.41) is 0.337. The van der Waals surface area contributed by atoms with Crippen molar-refractivity contribution < 1.29 is 4.79 Å². The zero-order valence-corrected chi connectivity index (χ0v) is 9.25. The number of nitrogens with zero attached hydrogens (tertiary/aromatic N) is 2. The summed E-state index contributed by atoms with van der Waals surface area (Å²) in [6, 6.07) is 0. The lowest BCUT2D eigenvalue weighted by Gasteiger charge is -1.85. The van der Waals surface area contributed by atoms with Gasteiger partial charge in [-0.2, -0.15) is 0 Å². The second kappa shape index (κ2) is 4.66. The van der Waals surface area contributed by atoms with Crippen LogP contribution in [0.4, 0.5) is 0 Å². The molecule has 0 aliphatic carbocycles. The summed E-state index contributed by atoms with van der Waals surface area (Å²) >= 11 is 3.06. The molecule has 0 unspecified atom stereocenters. The lowest BCUT2D eigenvalue weighted by Crippen LogP contribution is -1.99. The lowest BCUT2D eigenvalue weighted by molar-refractivity contribution is 0.101. The van der Waals surface area contributed by atoms with Crippen LogP contribution in [0, 0.1) is 0 Å². The van der Waals surface area contributed by atoms with Gasteiger partial charge in [-0.1, -0.05) is 15.9 Å². The molecule has 1 aromatic heterocycles. The molecule has 0 spiro atoms. The first-order valence-electron chi connectivity index (χ1n) is 2.81. The highest BCUT2D eigenvalue weighted by atomic mass is 79.9. The van der Waals surface area contributed by atoms with Gasteiger partial charge in [0.05, 0.1) is 11.7 Å². The van der Waals surface area contributed by atoms with Crippen LogP contribution in [-0.4, -0.2) is 20.7 Å². The third-order valence-electron chi connectivity index (χ3n) is 1.11. The van der Waals surface area contributed by atoms with E-state index in [4.69, 9.17) is 0 Å². The third-order valence-corrected chi connectivity index (χ3v) is 1.62. The maximum Gasteiger partial charge on any atom is 0.193 e. The Kier molecular flexibility index (Phi) is 4.60. The normalized spacial score (nSPS) is 8.91. The van der Waals surface area contributed by atoms with Crippen LogP contribution >= 0.6 is 32.9 Å². The highest BCUT2D eigenvalue weighted by molar-refractivity contribution is 9.09. The fourth-order valence-corrected chi connectivity index (χ4v) is 0.913. The Bertz CT molecular complexity index is 246. The molecule has 0 radical (unpaired) electrons. The predicted octanol–water partition coefficient (Wildman–Crippen LogP) is 1.58. The summed E-state index contributed by atoms with van der Waals surface area (Å²) < 4.78 is 1.75. The van der Waals surface area contributed by atoms with Crippen LogP contribution in [0.15, 0.2) is 12.5 Å². The maximum absolute atomic E-state index is 10.9. The molecule has 1 heterocycles. The number of carbonyl (C=O) groups is 1. The Morgan fingerprint density at radius 3 is 2.82 bits per heavy atom. The van der Waals surface area contributed by atoms with Crippen LogP contribution in [0.5, 0.6) is 0 Å². The topological polar surface area (TPSA) is 34.9 Å². The van der Waals surface area contributed by atoms with Crippen molar-refractivity contribution in [1.29, 1.82) is 0 Å². The molecule has 1 rings (SSSR count). The van der Waals surface area contributed by atoms with Crippen molar-refractivity contribution >= 4 is 38.7 Å². The SMILES string of the molecule is Br.Cn1cnc(C(=O)CBr)c1. The molecular formula is C6H8Br2N2O. The lowest BCUT2D eigenvalue weighted by atomic mass is 10.3. The van der Waals surface area contributed by atoms with E-state index in [1.165, 1.54) is 0 Å². The van der Waals surface area contributed by atoms with E-state index in [0.29, 0.717) is 11.0 Å². The highest BCUT2D eigenvalue weighted by Crippen LogP contribution is 1.97. The van der Waals surface area contributed by atoms with Crippen LogP contribution in [0.2, 0.25) is 0 Å². The summed E-state index contributed by atoms with van der Waals surface area (Å²) in [5.41, 5.74) is 0.513. The minimum atomic E-state index is 0. The molecular weight excluding hydrogens is 276 g/mol. The molecule has 0 N–H and O–H groups in total. The molecule has 0 aliphatic rings. The van der Waals surface area contributed by atoms with Gasteiger partial charge in [0.2, 0.25) is 0 Å². The average molecular weight is 284 g/mol. The van der Waals surface area contributed by atoms with E-state index in [2.05, 4.69) is 20.9 Å². The van der Waals surface area contributed by atoms with Gasteiger partial charge >= 0.3 is 0 Å². The number of hydrogen-bond donors (Lipinski definition) is 0. The Morgan fingerprint density at radius 2 is 2.45 bits per heavy atom. The molecule has 5 heteroatoms. The molecule has 0 amide bonds. The van der Waals surface area contributed by atoms with Gasteiger partial charge < -0.3 is 4.57 Å². The molecule has 0 bridgehead atoms. The van der Waals surface area contributed by atoms with Crippen molar-refractivity contribution in [3.05, 3.63) is 18.2 Å². The van der Waals surface area contributed by atoms with Gasteiger partial charge in [-0.05, 0) is 0 Å². The van der Waals surface area contributed by atoms with Crippen LogP contribution < -0.4 is 0 Å². The summed E-state index contributed by atoms with van der Waals surface area (Å²) in [5.74, 6) is 0.0144. The molecule has 62 valence electrons. The monoisotopic (exact) mass is 282 g/mol. The second-order valence-corrected chi connectivity index (χ2v) is 2.54. The van der Waals surface area contributed by atoms with Crippen molar-refractivity contribution in [3.8, 4) is 0 Å². The minimum absolute atomic E-state index is 0. The van der Waals surface area contributed by atoms with Gasteiger partial charge in [0.15, 0.2) is 5.78 Å². The second-order valence-electron chi connectivity index (χ2n) is 1.98. The number of imidazole rings is 1. The Labute approximate surface area is 83.7 Å². The fraction of sp³-hybridized carbons (Fsp3) is 0.333. The number of ketones is 1. The number of alkyl halides is 1. The number of rotatable bonds is 2. The van der Waals surface area contributed by atoms with Crippen molar-refractivity contribution in [2.75, 3.05) is 5.33 Å². The number of carbonyl (C=O) groups excluding carboxylic acids is 1. The van der Waals surface area contributed by atoms with E-state index in [0.717, 1.165) is 0 Å². The van der Waals surface area contributed by atoms with Crippen molar-refractivity contribution in [2.24, 2.45) is 7.05 Å². The first-order valence-corrected chi connectivity index (χ1v) is 3.93. The van der Waals surface area contributed by atoms with Gasteiger partial charge in [-0.15, -0.1) is 17.0 Å². The van der Waals surface area contributed by atoms with Gasteiger partial charge in [0.1, 0.15) is 5.69 Å². The predicted molar refractivity (Wildman–Crippen MR) is 51.7 cm³/mol. The van der Waals surface area contributed by atoms with E-state index in [1.54, 1.807) is 17.1 Å². The average Bonchev–Trinajstić information content (AvgIpc) is 2.34. The highest BCUT2D eigenvalue weighted by Gasteiger charge is 2.04. The number of aryl methyl sites for hydroxylation is 1. The summed E-state index contributed by atoms with van der Waals surface area (Å²) in [7, 11) is 1.83. The van der Waals surface area contributed by atoms with Gasteiger partial charge in [-0.3, -0.25) is 4.79 Å². The van der Waals surface area contributed by atoms with E-state index in [-0.39, 0.29) is 22.8 Å². The third kappa shape index (κ3) is 2.75. The first-order chi connectivity index (χ1) is 4.74. The van der Waals surface area contributed by atoms with Gasteiger partial charge in [0.25, 0.3) is 0 Å². The van der Waals surface area contributed by atoms with Crippen molar-refractivity contribution in [3.63, 3.8) is 0 Å². The van der Waals surface area contributed by atoms with E-state index in [1.807, 2.05) is 7.05 Å². The zero-order chi connectivity index (χ0) is 7.56. The summed E-state index contributed by atoms with van der Waals surface area (Å²) in [6.45, 7) is 0. The van der Waals surface area contributed by atoms with Gasteiger partial charge in [-0.25, -0.2) is 4.98 Å². The quantitative estimate of drug-likeness (QED) is 0.610. The van der Waals surface area contributed by atoms with E-state index >= 15 is 0 Å². The van der Waals surface area contributed by atoms with Crippen LogP contribution in [0.25, 0.3) is 0 Å². The fourth-order valence-electron chi connectivity index (χ4n) is 0.625. The number of hydrogen-bond acceptors (Lipinski definition) is 2.